The second-order valence-electron chi connectivity index (χ2n) is 5.47. The number of hydrogen-bond acceptors (Lipinski definition) is 4. The maximum atomic E-state index is 12.4. The number of rotatable bonds is 6. The van der Waals surface area contributed by atoms with E-state index in [2.05, 4.69) is 29.4 Å². The number of amides is 1. The van der Waals surface area contributed by atoms with E-state index in [0.29, 0.717) is 16.3 Å². The number of methoxy groups -OCH3 is 1. The average molecular weight is 392 g/mol. The van der Waals surface area contributed by atoms with Gasteiger partial charge in [0.15, 0.2) is 5.11 Å². The van der Waals surface area contributed by atoms with Crippen molar-refractivity contribution in [3.8, 4) is 5.75 Å². The topological polar surface area (TPSA) is 53.6 Å². The Morgan fingerprint density at radius 3 is 2.38 bits per heavy atom. The Balaban J connectivity index is 2.02. The van der Waals surface area contributed by atoms with Crippen molar-refractivity contribution < 1.29 is 9.53 Å². The van der Waals surface area contributed by atoms with Crippen LogP contribution in [0.4, 0.5) is 11.4 Å². The molecule has 2 aromatic carbocycles. The number of hydrogen-bond donors (Lipinski definition) is 2. The predicted molar refractivity (Wildman–Crippen MR) is 112 cm³/mol. The third kappa shape index (κ3) is 5.09. The van der Waals surface area contributed by atoms with E-state index in [-0.39, 0.29) is 11.0 Å². The summed E-state index contributed by atoms with van der Waals surface area (Å²) in [4.78, 5) is 14.7. The smallest absolute Gasteiger partial charge is 0.261 e. The zero-order chi connectivity index (χ0) is 19.1. The van der Waals surface area contributed by atoms with Crippen LogP contribution < -0.4 is 20.3 Å². The van der Waals surface area contributed by atoms with Gasteiger partial charge < -0.3 is 15.0 Å². The number of carbonyl (C=O) groups is 1. The van der Waals surface area contributed by atoms with Crippen molar-refractivity contribution in [2.24, 2.45) is 0 Å². The fourth-order valence-corrected chi connectivity index (χ4v) is 2.92. The highest BCUT2D eigenvalue weighted by molar-refractivity contribution is 7.80. The molecule has 0 unspecified atom stereocenters. The third-order valence-corrected chi connectivity index (χ3v) is 4.33. The molecule has 0 spiro atoms. The summed E-state index contributed by atoms with van der Waals surface area (Å²) in [5, 5.41) is 6.29. The molecule has 2 N–H and O–H groups in total. The van der Waals surface area contributed by atoms with Gasteiger partial charge in [-0.3, -0.25) is 10.1 Å². The summed E-state index contributed by atoms with van der Waals surface area (Å²) < 4.78 is 5.19. The normalized spacial score (nSPS) is 10.2. The zero-order valence-corrected chi connectivity index (χ0v) is 16.6. The molecule has 7 heteroatoms. The first-order valence-electron chi connectivity index (χ1n) is 8.29. The van der Waals surface area contributed by atoms with Gasteiger partial charge in [-0.05, 0) is 68.5 Å². The van der Waals surface area contributed by atoms with Crippen molar-refractivity contribution in [2.75, 3.05) is 30.4 Å². The summed E-state index contributed by atoms with van der Waals surface area (Å²) in [6.07, 6.45) is 0. The largest absolute Gasteiger partial charge is 0.496 e. The van der Waals surface area contributed by atoms with Crippen LogP contribution in [-0.4, -0.2) is 31.2 Å². The van der Waals surface area contributed by atoms with Gasteiger partial charge in [0, 0.05) is 29.5 Å². The Labute approximate surface area is 164 Å². The molecule has 0 bridgehead atoms. The highest BCUT2D eigenvalue weighted by Crippen LogP contribution is 2.22. The molecule has 1 amide bonds. The van der Waals surface area contributed by atoms with E-state index in [4.69, 9.17) is 28.6 Å². The quantitative estimate of drug-likeness (QED) is 0.718. The van der Waals surface area contributed by atoms with E-state index in [1.807, 2.05) is 24.3 Å². The number of nitrogens with zero attached hydrogens (tertiary/aromatic N) is 1. The van der Waals surface area contributed by atoms with Crippen LogP contribution in [0, 0.1) is 0 Å². The minimum Gasteiger partial charge on any atom is -0.496 e. The lowest BCUT2D eigenvalue weighted by atomic mass is 10.2. The predicted octanol–water partition coefficient (Wildman–Crippen LogP) is 4.32. The highest BCUT2D eigenvalue weighted by atomic mass is 35.5. The lowest BCUT2D eigenvalue weighted by Crippen LogP contribution is -2.34. The molecule has 0 atom stereocenters. The van der Waals surface area contributed by atoms with Gasteiger partial charge in [-0.2, -0.15) is 0 Å². The maximum Gasteiger partial charge on any atom is 0.261 e. The summed E-state index contributed by atoms with van der Waals surface area (Å²) in [7, 11) is 1.49. The SMILES string of the molecule is CCN(CC)c1ccc(NC(=S)NC(=O)c2cc(Cl)ccc2OC)cc1. The van der Waals surface area contributed by atoms with Gasteiger partial charge in [0.1, 0.15) is 5.75 Å². The van der Waals surface area contributed by atoms with Crippen molar-refractivity contribution >= 4 is 46.2 Å². The molecule has 2 rings (SSSR count). The molecule has 0 aliphatic carbocycles. The second-order valence-corrected chi connectivity index (χ2v) is 6.32. The van der Waals surface area contributed by atoms with E-state index in [1.165, 1.54) is 13.2 Å². The monoisotopic (exact) mass is 391 g/mol. The summed E-state index contributed by atoms with van der Waals surface area (Å²) in [6, 6.07) is 12.7. The number of carbonyl (C=O) groups excluding carboxylic acids is 1. The standard InChI is InChI=1S/C19H22ClN3O2S/c1-4-23(5-2)15-9-7-14(8-10-15)21-19(26)22-18(24)16-12-13(20)6-11-17(16)25-3/h6-12H,4-5H2,1-3H3,(H2,21,22,24,26). The number of ether oxygens (including phenoxy) is 1. The number of anilines is 2. The first-order valence-corrected chi connectivity index (χ1v) is 9.08. The van der Waals surface area contributed by atoms with Gasteiger partial charge in [-0.1, -0.05) is 11.6 Å². The molecule has 0 aromatic heterocycles. The Kier molecular flexibility index (Phi) is 7.24. The molecule has 0 aliphatic rings. The van der Waals surface area contributed by atoms with Gasteiger partial charge in [0.05, 0.1) is 12.7 Å². The van der Waals surface area contributed by atoms with Gasteiger partial charge in [0.2, 0.25) is 0 Å². The first-order chi connectivity index (χ1) is 12.5. The molecule has 0 aliphatic heterocycles. The number of benzene rings is 2. The van der Waals surface area contributed by atoms with Crippen LogP contribution in [0.2, 0.25) is 5.02 Å². The molecule has 0 saturated carbocycles. The van der Waals surface area contributed by atoms with Crippen LogP contribution in [0.25, 0.3) is 0 Å². The molecule has 0 saturated heterocycles. The van der Waals surface area contributed by atoms with Gasteiger partial charge in [0.25, 0.3) is 5.91 Å². The summed E-state index contributed by atoms with van der Waals surface area (Å²) in [6.45, 7) is 6.12. The van der Waals surface area contributed by atoms with E-state index < -0.39 is 0 Å². The van der Waals surface area contributed by atoms with Crippen molar-refractivity contribution in [2.45, 2.75) is 13.8 Å². The number of nitrogens with one attached hydrogen (secondary N) is 2. The Morgan fingerprint density at radius 2 is 1.81 bits per heavy atom. The minimum atomic E-state index is -0.387. The van der Waals surface area contributed by atoms with Crippen molar-refractivity contribution in [3.63, 3.8) is 0 Å². The van der Waals surface area contributed by atoms with Crippen LogP contribution in [-0.2, 0) is 0 Å². The fourth-order valence-electron chi connectivity index (χ4n) is 2.53. The fraction of sp³-hybridized carbons (Fsp3) is 0.263. The van der Waals surface area contributed by atoms with E-state index in [0.717, 1.165) is 24.5 Å². The Hall–Kier alpha value is -2.31. The first kappa shape index (κ1) is 20.0. The maximum absolute atomic E-state index is 12.4. The zero-order valence-electron chi connectivity index (χ0n) is 15.0. The van der Waals surface area contributed by atoms with Crippen LogP contribution in [0.5, 0.6) is 5.75 Å². The van der Waals surface area contributed by atoms with Crippen LogP contribution in [0.3, 0.4) is 0 Å². The van der Waals surface area contributed by atoms with Crippen LogP contribution >= 0.6 is 23.8 Å². The molecule has 2 aromatic rings. The minimum absolute atomic E-state index is 0.201. The molecule has 0 heterocycles. The van der Waals surface area contributed by atoms with Crippen molar-refractivity contribution in [1.82, 2.24) is 5.32 Å². The van der Waals surface area contributed by atoms with E-state index >= 15 is 0 Å². The van der Waals surface area contributed by atoms with Crippen molar-refractivity contribution in [3.05, 3.63) is 53.1 Å². The Bertz CT molecular complexity index is 777. The Morgan fingerprint density at radius 1 is 1.15 bits per heavy atom. The summed E-state index contributed by atoms with van der Waals surface area (Å²) >= 11 is 11.2. The van der Waals surface area contributed by atoms with Crippen LogP contribution in [0.15, 0.2) is 42.5 Å². The third-order valence-electron chi connectivity index (χ3n) is 3.89. The second kappa shape index (κ2) is 9.40. The summed E-state index contributed by atoms with van der Waals surface area (Å²) in [5.41, 5.74) is 2.25. The molecular formula is C19H22ClN3O2S. The number of thiocarbonyl (C=S) groups is 1. The molecule has 5 nitrogen and oxygen atoms in total. The lowest BCUT2D eigenvalue weighted by molar-refractivity contribution is 0.0975. The van der Waals surface area contributed by atoms with Crippen LogP contribution in [0.1, 0.15) is 24.2 Å². The molecule has 0 radical (unpaired) electrons. The molecular weight excluding hydrogens is 370 g/mol. The summed E-state index contributed by atoms with van der Waals surface area (Å²) in [5.74, 6) is 0.0416. The van der Waals surface area contributed by atoms with Crippen molar-refractivity contribution in [1.29, 1.82) is 0 Å². The number of halogens is 1. The highest BCUT2D eigenvalue weighted by Gasteiger charge is 2.14. The van der Waals surface area contributed by atoms with Gasteiger partial charge in [-0.15, -0.1) is 0 Å². The molecule has 26 heavy (non-hydrogen) atoms. The van der Waals surface area contributed by atoms with E-state index in [9.17, 15) is 4.79 Å². The van der Waals surface area contributed by atoms with Gasteiger partial charge >= 0.3 is 0 Å². The van der Waals surface area contributed by atoms with E-state index in [1.54, 1.807) is 12.1 Å². The molecule has 0 fully saturated rings. The average Bonchev–Trinajstić information content (AvgIpc) is 2.64. The molecule has 138 valence electrons. The van der Waals surface area contributed by atoms with Gasteiger partial charge in [-0.25, -0.2) is 0 Å². The lowest BCUT2D eigenvalue weighted by Gasteiger charge is -2.21.